The lowest BCUT2D eigenvalue weighted by Gasteiger charge is -2.19. The average Bonchev–Trinajstić information content (AvgIpc) is 2.78. The van der Waals surface area contributed by atoms with Crippen LogP contribution in [0.2, 0.25) is 0 Å². The molecule has 3 aromatic carbocycles. The SMILES string of the molecule is Cc1c([N+](=O)[O-])cc(C(=O)Nc2cccc(NC(=O)c3ccc(C(C)(C)C)cc3)c2)cc1[N+](=O)[O-]. The van der Waals surface area contributed by atoms with Crippen molar-refractivity contribution in [1.29, 1.82) is 0 Å². The number of carbonyl (C=O) groups excluding carboxylic acids is 2. The van der Waals surface area contributed by atoms with E-state index in [0.717, 1.165) is 17.7 Å². The van der Waals surface area contributed by atoms with Gasteiger partial charge in [0, 0.05) is 29.1 Å². The van der Waals surface area contributed by atoms with E-state index >= 15 is 0 Å². The van der Waals surface area contributed by atoms with Crippen LogP contribution in [0, 0.1) is 27.2 Å². The molecule has 0 aliphatic heterocycles. The number of nitro groups is 2. The fraction of sp³-hybridized carbons (Fsp3) is 0.200. The third-order valence-electron chi connectivity index (χ3n) is 5.40. The predicted octanol–water partition coefficient (Wildman–Crippen LogP) is 5.61. The molecule has 2 N–H and O–H groups in total. The molecule has 0 aromatic heterocycles. The van der Waals surface area contributed by atoms with Crippen LogP contribution in [0.25, 0.3) is 0 Å². The third kappa shape index (κ3) is 5.85. The van der Waals surface area contributed by atoms with Gasteiger partial charge in [-0.25, -0.2) is 0 Å². The van der Waals surface area contributed by atoms with Crippen LogP contribution in [0.5, 0.6) is 0 Å². The Balaban J connectivity index is 1.78. The van der Waals surface area contributed by atoms with Crippen molar-refractivity contribution in [1.82, 2.24) is 0 Å². The molecule has 0 radical (unpaired) electrons. The van der Waals surface area contributed by atoms with Crippen molar-refractivity contribution in [2.24, 2.45) is 0 Å². The van der Waals surface area contributed by atoms with Crippen molar-refractivity contribution >= 4 is 34.6 Å². The molecule has 0 saturated carbocycles. The molecule has 35 heavy (non-hydrogen) atoms. The van der Waals surface area contributed by atoms with E-state index in [9.17, 15) is 29.8 Å². The van der Waals surface area contributed by atoms with Gasteiger partial charge in [0.1, 0.15) is 5.56 Å². The van der Waals surface area contributed by atoms with E-state index in [2.05, 4.69) is 31.4 Å². The highest BCUT2D eigenvalue weighted by Crippen LogP contribution is 2.30. The second-order valence-electron chi connectivity index (χ2n) is 8.97. The number of rotatable bonds is 6. The summed E-state index contributed by atoms with van der Waals surface area (Å²) in [6.45, 7) is 7.49. The average molecular weight is 476 g/mol. The molecule has 3 rings (SSSR count). The minimum Gasteiger partial charge on any atom is -0.322 e. The number of hydrogen-bond acceptors (Lipinski definition) is 6. The van der Waals surface area contributed by atoms with Gasteiger partial charge in [-0.15, -0.1) is 0 Å². The Morgan fingerprint density at radius 1 is 0.743 bits per heavy atom. The summed E-state index contributed by atoms with van der Waals surface area (Å²) >= 11 is 0. The number of nitrogens with zero attached hydrogens (tertiary/aromatic N) is 2. The van der Waals surface area contributed by atoms with Crippen LogP contribution in [0.15, 0.2) is 60.7 Å². The molecule has 10 nitrogen and oxygen atoms in total. The van der Waals surface area contributed by atoms with Gasteiger partial charge in [0.25, 0.3) is 23.2 Å². The van der Waals surface area contributed by atoms with Crippen LogP contribution in [0.4, 0.5) is 22.7 Å². The van der Waals surface area contributed by atoms with Gasteiger partial charge < -0.3 is 10.6 Å². The van der Waals surface area contributed by atoms with Gasteiger partial charge in [-0.1, -0.05) is 39.0 Å². The monoisotopic (exact) mass is 476 g/mol. The topological polar surface area (TPSA) is 144 Å². The second-order valence-corrected chi connectivity index (χ2v) is 8.97. The number of anilines is 2. The number of nitrogens with one attached hydrogen (secondary N) is 2. The van der Waals surface area contributed by atoms with Gasteiger partial charge in [0.05, 0.1) is 15.4 Å². The Morgan fingerprint density at radius 2 is 1.20 bits per heavy atom. The van der Waals surface area contributed by atoms with Gasteiger partial charge in [-0.2, -0.15) is 0 Å². The number of nitro benzene ring substituents is 2. The lowest BCUT2D eigenvalue weighted by molar-refractivity contribution is -0.395. The van der Waals surface area contributed by atoms with Gasteiger partial charge in [0.15, 0.2) is 0 Å². The van der Waals surface area contributed by atoms with Gasteiger partial charge in [-0.3, -0.25) is 29.8 Å². The standard InChI is InChI=1S/C25H24N4O6/c1-15-21(28(32)33)12-17(13-22(15)29(34)35)24(31)27-20-7-5-6-19(14-20)26-23(30)16-8-10-18(11-9-16)25(2,3)4/h5-14H,1-4H3,(H,26,30)(H,27,31). The zero-order chi connectivity index (χ0) is 25.9. The Morgan fingerprint density at radius 3 is 1.63 bits per heavy atom. The Hall–Kier alpha value is -4.60. The molecule has 0 bridgehead atoms. The number of carbonyl (C=O) groups is 2. The highest BCUT2D eigenvalue weighted by Gasteiger charge is 2.25. The van der Waals surface area contributed by atoms with Gasteiger partial charge >= 0.3 is 0 Å². The molecule has 0 aliphatic carbocycles. The summed E-state index contributed by atoms with van der Waals surface area (Å²) in [5.41, 5.74) is 0.794. The lowest BCUT2D eigenvalue weighted by atomic mass is 9.87. The first-order valence-electron chi connectivity index (χ1n) is 10.6. The quantitative estimate of drug-likeness (QED) is 0.349. The van der Waals surface area contributed by atoms with Crippen molar-refractivity contribution < 1.29 is 19.4 Å². The summed E-state index contributed by atoms with van der Waals surface area (Å²) in [6.07, 6.45) is 0. The third-order valence-corrected chi connectivity index (χ3v) is 5.40. The van der Waals surface area contributed by atoms with Crippen LogP contribution in [-0.4, -0.2) is 21.7 Å². The molecule has 0 saturated heterocycles. The van der Waals surface area contributed by atoms with Gasteiger partial charge in [-0.05, 0) is 48.2 Å². The molecule has 0 unspecified atom stereocenters. The zero-order valence-corrected chi connectivity index (χ0v) is 19.6. The largest absolute Gasteiger partial charge is 0.322 e. The van der Waals surface area contributed by atoms with E-state index < -0.39 is 27.1 Å². The Labute approximate surface area is 201 Å². The van der Waals surface area contributed by atoms with Crippen LogP contribution in [-0.2, 0) is 5.41 Å². The summed E-state index contributed by atoms with van der Waals surface area (Å²) in [5.74, 6) is -1.10. The van der Waals surface area contributed by atoms with E-state index in [-0.39, 0.29) is 22.4 Å². The number of hydrogen-bond donors (Lipinski definition) is 2. The molecule has 10 heteroatoms. The molecule has 0 heterocycles. The molecular weight excluding hydrogens is 452 g/mol. The van der Waals surface area contributed by atoms with Crippen LogP contribution < -0.4 is 10.6 Å². The molecule has 2 amide bonds. The second kappa shape index (κ2) is 9.72. The minimum absolute atomic E-state index is 0.0418. The Bertz CT molecular complexity index is 1290. The van der Waals surface area contributed by atoms with Crippen LogP contribution >= 0.6 is 0 Å². The molecule has 3 aromatic rings. The fourth-order valence-electron chi connectivity index (χ4n) is 3.40. The maximum absolute atomic E-state index is 12.7. The van der Waals surface area contributed by atoms with Crippen molar-refractivity contribution in [3.8, 4) is 0 Å². The predicted molar refractivity (Wildman–Crippen MR) is 132 cm³/mol. The lowest BCUT2D eigenvalue weighted by Crippen LogP contribution is -2.15. The van der Waals surface area contributed by atoms with Crippen molar-refractivity contribution in [2.75, 3.05) is 10.6 Å². The number of amides is 2. The summed E-state index contributed by atoms with van der Waals surface area (Å²) < 4.78 is 0. The van der Waals surface area contributed by atoms with E-state index in [1.54, 1.807) is 30.3 Å². The fourth-order valence-corrected chi connectivity index (χ4v) is 3.40. The smallest absolute Gasteiger partial charge is 0.279 e. The summed E-state index contributed by atoms with van der Waals surface area (Å²) in [4.78, 5) is 46.3. The summed E-state index contributed by atoms with van der Waals surface area (Å²) in [6, 6.07) is 15.6. The molecular formula is C25H24N4O6. The maximum atomic E-state index is 12.7. The minimum atomic E-state index is -0.775. The van der Waals surface area contributed by atoms with E-state index in [4.69, 9.17) is 0 Å². The summed E-state index contributed by atoms with van der Waals surface area (Å²) in [7, 11) is 0. The first-order valence-corrected chi connectivity index (χ1v) is 10.6. The van der Waals surface area contributed by atoms with E-state index in [1.807, 2.05) is 12.1 Å². The molecule has 180 valence electrons. The zero-order valence-electron chi connectivity index (χ0n) is 19.6. The Kier molecular flexibility index (Phi) is 6.95. The first kappa shape index (κ1) is 25.0. The van der Waals surface area contributed by atoms with Crippen LogP contribution in [0.1, 0.15) is 52.6 Å². The van der Waals surface area contributed by atoms with Crippen molar-refractivity contribution in [3.63, 3.8) is 0 Å². The van der Waals surface area contributed by atoms with Crippen molar-refractivity contribution in [3.05, 3.63) is 103 Å². The summed E-state index contributed by atoms with van der Waals surface area (Å²) in [5, 5.41) is 27.9. The van der Waals surface area contributed by atoms with E-state index in [0.29, 0.717) is 16.9 Å². The van der Waals surface area contributed by atoms with Gasteiger partial charge in [0.2, 0.25) is 0 Å². The molecule has 0 atom stereocenters. The normalized spacial score (nSPS) is 11.0. The van der Waals surface area contributed by atoms with Crippen LogP contribution in [0.3, 0.4) is 0 Å². The molecule has 0 fully saturated rings. The molecule has 0 spiro atoms. The maximum Gasteiger partial charge on any atom is 0.279 e. The highest BCUT2D eigenvalue weighted by molar-refractivity contribution is 6.07. The number of benzene rings is 3. The first-order chi connectivity index (χ1) is 16.4. The highest BCUT2D eigenvalue weighted by atomic mass is 16.6. The van der Waals surface area contributed by atoms with E-state index in [1.165, 1.54) is 13.0 Å². The van der Waals surface area contributed by atoms with Crippen molar-refractivity contribution in [2.45, 2.75) is 33.1 Å². The molecule has 0 aliphatic rings.